The normalized spacial score (nSPS) is 17.8. The number of nitrogens with zero attached hydrogens (tertiary/aromatic N) is 3. The van der Waals surface area contributed by atoms with E-state index in [2.05, 4.69) is 16.7 Å². The molecule has 10 nitrogen and oxygen atoms in total. The number of anilines is 2. The molecule has 0 saturated carbocycles. The Morgan fingerprint density at radius 2 is 1.81 bits per heavy atom. The Labute approximate surface area is 246 Å². The van der Waals surface area contributed by atoms with E-state index in [4.69, 9.17) is 0 Å². The van der Waals surface area contributed by atoms with Crippen molar-refractivity contribution in [1.29, 1.82) is 5.26 Å². The number of aryl methyl sites for hydroxylation is 1. The third-order valence-electron chi connectivity index (χ3n) is 7.52. The molecule has 11 heteroatoms. The first-order valence-electron chi connectivity index (χ1n) is 13.7. The predicted octanol–water partition coefficient (Wildman–Crippen LogP) is 2.82. The summed E-state index contributed by atoms with van der Waals surface area (Å²) in [5, 5.41) is 17.5. The highest BCUT2D eigenvalue weighted by Crippen LogP contribution is 2.38. The van der Waals surface area contributed by atoms with Crippen molar-refractivity contribution in [2.45, 2.75) is 52.4 Å². The number of nitriles is 1. The maximum Gasteiger partial charge on any atom is 0.252 e. The van der Waals surface area contributed by atoms with Gasteiger partial charge < -0.3 is 20.4 Å². The molecule has 220 valence electrons. The van der Waals surface area contributed by atoms with Gasteiger partial charge >= 0.3 is 0 Å². The molecule has 0 bridgehead atoms. The summed E-state index contributed by atoms with van der Waals surface area (Å²) < 4.78 is 24.4. The van der Waals surface area contributed by atoms with Crippen LogP contribution in [-0.2, 0) is 30.8 Å². The molecule has 0 spiro atoms. The van der Waals surface area contributed by atoms with E-state index in [1.165, 1.54) is 15.9 Å². The first-order chi connectivity index (χ1) is 19.9. The van der Waals surface area contributed by atoms with Gasteiger partial charge in [0.1, 0.15) is 11.8 Å². The van der Waals surface area contributed by atoms with Crippen molar-refractivity contribution >= 4 is 49.7 Å². The SMILES string of the molecule is CCNC(C)C(=O)N[C@@H]1C(=O)N(Cc2c(C)ccc3ccccc23)c2ccc(C#N)cc2N(C(=O)CS(C)(=O)=O)[C@H]1C. The predicted molar refractivity (Wildman–Crippen MR) is 163 cm³/mol. The van der Waals surface area contributed by atoms with Gasteiger partial charge in [0.25, 0.3) is 5.91 Å². The highest BCUT2D eigenvalue weighted by Gasteiger charge is 2.43. The number of nitrogens with one attached hydrogen (secondary N) is 2. The molecule has 42 heavy (non-hydrogen) atoms. The van der Waals surface area contributed by atoms with Crippen LogP contribution in [0.1, 0.15) is 37.5 Å². The van der Waals surface area contributed by atoms with Gasteiger partial charge in [0.15, 0.2) is 9.84 Å². The van der Waals surface area contributed by atoms with E-state index in [1.54, 1.807) is 26.0 Å². The van der Waals surface area contributed by atoms with Crippen molar-refractivity contribution in [3.63, 3.8) is 0 Å². The second-order valence-electron chi connectivity index (χ2n) is 10.7. The van der Waals surface area contributed by atoms with Crippen LogP contribution in [0.25, 0.3) is 10.8 Å². The minimum atomic E-state index is -3.75. The monoisotopic (exact) mass is 589 g/mol. The van der Waals surface area contributed by atoms with Crippen LogP contribution in [0.4, 0.5) is 11.4 Å². The van der Waals surface area contributed by atoms with Crippen LogP contribution in [0.15, 0.2) is 54.6 Å². The smallest absolute Gasteiger partial charge is 0.252 e. The Bertz CT molecular complexity index is 1700. The van der Waals surface area contributed by atoms with E-state index < -0.39 is 51.4 Å². The molecule has 0 saturated heterocycles. The van der Waals surface area contributed by atoms with Gasteiger partial charge in [0.05, 0.1) is 41.6 Å². The number of rotatable bonds is 8. The number of carbonyl (C=O) groups is 3. The zero-order valence-corrected chi connectivity index (χ0v) is 25.2. The van der Waals surface area contributed by atoms with Gasteiger partial charge in [0.2, 0.25) is 11.8 Å². The van der Waals surface area contributed by atoms with Crippen LogP contribution < -0.4 is 20.4 Å². The quantitative estimate of drug-likeness (QED) is 0.412. The van der Waals surface area contributed by atoms with Gasteiger partial charge in [-0.1, -0.05) is 43.3 Å². The molecule has 3 atom stereocenters. The molecule has 3 aromatic carbocycles. The maximum atomic E-state index is 14.5. The molecule has 3 amide bonds. The number of sulfone groups is 1. The number of fused-ring (bicyclic) bond motifs is 2. The highest BCUT2D eigenvalue weighted by atomic mass is 32.2. The van der Waals surface area contributed by atoms with E-state index in [1.807, 2.05) is 50.2 Å². The Balaban J connectivity index is 1.94. The Kier molecular flexibility index (Phi) is 8.99. The Hall–Kier alpha value is -4.27. The molecule has 1 heterocycles. The van der Waals surface area contributed by atoms with Crippen LogP contribution >= 0.6 is 0 Å². The molecule has 0 radical (unpaired) electrons. The lowest BCUT2D eigenvalue weighted by Gasteiger charge is -2.32. The van der Waals surface area contributed by atoms with Crippen molar-refractivity contribution in [1.82, 2.24) is 10.6 Å². The third-order valence-corrected chi connectivity index (χ3v) is 8.29. The van der Waals surface area contributed by atoms with Crippen molar-refractivity contribution < 1.29 is 22.8 Å². The lowest BCUT2D eigenvalue weighted by molar-refractivity contribution is -0.129. The number of carbonyl (C=O) groups excluding carboxylic acids is 3. The molecular weight excluding hydrogens is 554 g/mol. The van der Waals surface area contributed by atoms with E-state index in [9.17, 15) is 28.1 Å². The molecule has 1 aliphatic heterocycles. The third kappa shape index (κ3) is 6.30. The van der Waals surface area contributed by atoms with E-state index in [0.29, 0.717) is 12.2 Å². The van der Waals surface area contributed by atoms with Crippen LogP contribution in [0.3, 0.4) is 0 Å². The largest absolute Gasteiger partial charge is 0.341 e. The molecule has 1 unspecified atom stereocenters. The first kappa shape index (κ1) is 30.7. The fourth-order valence-electron chi connectivity index (χ4n) is 5.37. The van der Waals surface area contributed by atoms with Crippen LogP contribution in [0.5, 0.6) is 0 Å². The van der Waals surface area contributed by atoms with Crippen molar-refractivity contribution in [2.24, 2.45) is 0 Å². The van der Waals surface area contributed by atoms with Crippen molar-refractivity contribution in [2.75, 3.05) is 28.4 Å². The van der Waals surface area contributed by atoms with Crippen molar-refractivity contribution in [3.05, 3.63) is 71.3 Å². The molecular formula is C31H35N5O5S. The van der Waals surface area contributed by atoms with Gasteiger partial charge in [0, 0.05) is 6.26 Å². The topological polar surface area (TPSA) is 140 Å². The standard InChI is InChI=1S/C31H35N5O5S/c1-6-33-20(3)30(38)34-29-21(4)36(28(37)18-42(5,40)41)27-15-22(16-32)12-14-26(27)35(31(29)39)17-25-19(2)11-13-23-9-7-8-10-24(23)25/h7-15,20-21,29,33H,6,17-18H2,1-5H3,(H,34,38)/t20?,21-,29-/m0/s1. The number of hydrogen-bond acceptors (Lipinski definition) is 7. The van der Waals surface area contributed by atoms with E-state index in [-0.39, 0.29) is 17.8 Å². The van der Waals surface area contributed by atoms with Gasteiger partial charge in [-0.15, -0.1) is 0 Å². The fraction of sp³-hybridized carbons (Fsp3) is 0.355. The number of amides is 3. The van der Waals surface area contributed by atoms with Gasteiger partial charge in [-0.05, 0) is 67.4 Å². The van der Waals surface area contributed by atoms with Gasteiger partial charge in [-0.3, -0.25) is 14.4 Å². The van der Waals surface area contributed by atoms with Gasteiger partial charge in [-0.2, -0.15) is 5.26 Å². The second kappa shape index (κ2) is 12.3. The summed E-state index contributed by atoms with van der Waals surface area (Å²) in [4.78, 5) is 44.0. The highest BCUT2D eigenvalue weighted by molar-refractivity contribution is 7.91. The zero-order chi connectivity index (χ0) is 30.8. The maximum absolute atomic E-state index is 14.5. The molecule has 3 aromatic rings. The molecule has 1 aliphatic rings. The summed E-state index contributed by atoms with van der Waals surface area (Å²) in [5.74, 6) is -2.48. The van der Waals surface area contributed by atoms with E-state index >= 15 is 0 Å². The van der Waals surface area contributed by atoms with E-state index in [0.717, 1.165) is 28.2 Å². The lowest BCUT2D eigenvalue weighted by atomic mass is 9.98. The molecule has 0 aliphatic carbocycles. The first-order valence-corrected chi connectivity index (χ1v) is 15.8. The Morgan fingerprint density at radius 3 is 2.48 bits per heavy atom. The molecule has 4 rings (SSSR count). The number of benzene rings is 3. The fourth-order valence-corrected chi connectivity index (χ4v) is 5.95. The van der Waals surface area contributed by atoms with Crippen LogP contribution in [0.2, 0.25) is 0 Å². The number of hydrogen-bond donors (Lipinski definition) is 2. The van der Waals surface area contributed by atoms with Crippen LogP contribution in [-0.4, -0.2) is 62.8 Å². The summed E-state index contributed by atoms with van der Waals surface area (Å²) in [5.41, 5.74) is 2.61. The summed E-state index contributed by atoms with van der Waals surface area (Å²) >= 11 is 0. The zero-order valence-electron chi connectivity index (χ0n) is 24.3. The average molecular weight is 590 g/mol. The van der Waals surface area contributed by atoms with Crippen LogP contribution in [0, 0.1) is 18.3 Å². The summed E-state index contributed by atoms with van der Waals surface area (Å²) in [6.07, 6.45) is 0.956. The van der Waals surface area contributed by atoms with Crippen molar-refractivity contribution in [3.8, 4) is 6.07 Å². The summed E-state index contributed by atoms with van der Waals surface area (Å²) in [6.45, 7) is 7.70. The average Bonchev–Trinajstić information content (AvgIpc) is 3.01. The second-order valence-corrected chi connectivity index (χ2v) is 12.8. The Morgan fingerprint density at radius 1 is 1.10 bits per heavy atom. The summed E-state index contributed by atoms with van der Waals surface area (Å²) in [7, 11) is -3.75. The minimum Gasteiger partial charge on any atom is -0.341 e. The molecule has 0 aromatic heterocycles. The number of likely N-dealkylation sites (N-methyl/N-ethyl adjacent to an activating group) is 1. The lowest BCUT2D eigenvalue weighted by Crippen LogP contribution is -2.60. The summed E-state index contributed by atoms with van der Waals surface area (Å²) in [6, 6.07) is 15.6. The molecule has 2 N–H and O–H groups in total. The minimum absolute atomic E-state index is 0.112. The van der Waals surface area contributed by atoms with Gasteiger partial charge in [-0.25, -0.2) is 8.42 Å². The molecule has 0 fully saturated rings.